The molecule has 2 aliphatic rings. The van der Waals surface area contributed by atoms with Crippen LogP contribution in [0.1, 0.15) is 51.5 Å². The Morgan fingerprint density at radius 3 is 2.53 bits per heavy atom. The zero-order valence-corrected chi connectivity index (χ0v) is 22.0. The van der Waals surface area contributed by atoms with Gasteiger partial charge in [-0.1, -0.05) is 60.9 Å². The molecule has 0 aromatic heterocycles. The third-order valence-corrected chi connectivity index (χ3v) is 7.80. The summed E-state index contributed by atoms with van der Waals surface area (Å²) in [5, 5.41) is 33.6. The smallest absolute Gasteiger partial charge is 0.423 e. The molecule has 0 spiro atoms. The third-order valence-electron chi connectivity index (χ3n) is 7.80. The van der Waals surface area contributed by atoms with Crippen LogP contribution >= 0.6 is 0 Å². The normalized spacial score (nSPS) is 22.7. The number of hydrogen-bond acceptors (Lipinski definition) is 7. The van der Waals surface area contributed by atoms with E-state index >= 15 is 0 Å². The van der Waals surface area contributed by atoms with Crippen molar-refractivity contribution in [3.63, 3.8) is 0 Å². The molecule has 2 aromatic rings. The minimum absolute atomic E-state index is 0.220. The Labute approximate surface area is 222 Å². The number of aliphatic hydroxyl groups is 2. The summed E-state index contributed by atoms with van der Waals surface area (Å²) < 4.78 is 4.65. The van der Waals surface area contributed by atoms with E-state index in [2.05, 4.69) is 4.74 Å². The van der Waals surface area contributed by atoms with Gasteiger partial charge in [-0.25, -0.2) is 4.79 Å². The summed E-state index contributed by atoms with van der Waals surface area (Å²) in [5.41, 5.74) is 3.48. The lowest BCUT2D eigenvalue weighted by Crippen LogP contribution is -2.40. The van der Waals surface area contributed by atoms with Crippen molar-refractivity contribution < 1.29 is 34.4 Å². The van der Waals surface area contributed by atoms with Crippen molar-refractivity contribution in [2.45, 2.75) is 52.1 Å². The summed E-state index contributed by atoms with van der Waals surface area (Å²) in [5.74, 6) is -3.47. The van der Waals surface area contributed by atoms with E-state index in [1.54, 1.807) is 6.07 Å². The van der Waals surface area contributed by atoms with Gasteiger partial charge in [0, 0.05) is 11.3 Å². The maximum Gasteiger partial charge on any atom is 0.423 e. The summed E-state index contributed by atoms with van der Waals surface area (Å²) in [7, 11) is 1.11. The molecule has 0 bridgehead atoms. The molecule has 1 aliphatic heterocycles. The largest absolute Gasteiger partial charge is 0.507 e. The standard InChI is InChI=1S/C30H35NO7/c1-4-7-19-15-22-27(29(36)31(28(22)35)30(37)38-3)23(16-32)26(19)25(34)12-10-17(2)14-18-11-13-24(33)21-9-6-5-8-20(18)21/h5-6,8-9,11,13-14,22-23,25,27,32-34H,4,7,10,12,15-16H2,1-3H3/b17-14+/t22-,23+,25-,27-/m1/s1. The van der Waals surface area contributed by atoms with Gasteiger partial charge >= 0.3 is 6.09 Å². The molecule has 8 heteroatoms. The van der Waals surface area contributed by atoms with Crippen LogP contribution in [-0.2, 0) is 14.3 Å². The van der Waals surface area contributed by atoms with Gasteiger partial charge in [0.2, 0.25) is 11.8 Å². The quantitative estimate of drug-likeness (QED) is 0.343. The first kappa shape index (κ1) is 27.5. The van der Waals surface area contributed by atoms with Gasteiger partial charge in [0.1, 0.15) is 5.75 Å². The summed E-state index contributed by atoms with van der Waals surface area (Å²) in [6.45, 7) is 3.56. The number of nitrogens with zero attached hydrogens (tertiary/aromatic N) is 1. The summed E-state index contributed by atoms with van der Waals surface area (Å²) in [4.78, 5) is 38.8. The SMILES string of the molecule is CCCC1=C([C@H](O)CC/C(C)=C/c2ccc(O)c3ccccc23)[C@H](CO)[C@@H]2C(=O)N(C(=O)OC)C(=O)[C@@H]2C1. The van der Waals surface area contributed by atoms with Gasteiger partial charge in [-0.2, -0.15) is 4.90 Å². The molecule has 8 nitrogen and oxygen atoms in total. The highest BCUT2D eigenvalue weighted by Gasteiger charge is 2.57. The molecule has 0 radical (unpaired) electrons. The van der Waals surface area contributed by atoms with Crippen LogP contribution in [0, 0.1) is 17.8 Å². The van der Waals surface area contributed by atoms with Gasteiger partial charge in [-0.15, -0.1) is 0 Å². The fourth-order valence-corrected chi connectivity index (χ4v) is 6.06. The Morgan fingerprint density at radius 2 is 1.87 bits per heavy atom. The van der Waals surface area contributed by atoms with E-state index in [9.17, 15) is 29.7 Å². The number of aromatic hydroxyl groups is 1. The number of methoxy groups -OCH3 is 1. The zero-order chi connectivity index (χ0) is 27.6. The van der Waals surface area contributed by atoms with Crippen molar-refractivity contribution in [3.8, 4) is 5.75 Å². The number of phenolic OH excluding ortho intramolecular Hbond substituents is 1. The second-order valence-electron chi connectivity index (χ2n) is 10.2. The van der Waals surface area contributed by atoms with Crippen LogP contribution in [0.25, 0.3) is 16.8 Å². The Balaban J connectivity index is 1.58. The van der Waals surface area contributed by atoms with E-state index in [4.69, 9.17) is 0 Å². The van der Waals surface area contributed by atoms with E-state index in [1.807, 2.05) is 50.3 Å². The average molecular weight is 522 g/mol. The number of hydrogen-bond donors (Lipinski definition) is 3. The molecular formula is C30H35NO7. The second-order valence-corrected chi connectivity index (χ2v) is 10.2. The van der Waals surface area contributed by atoms with E-state index in [0.29, 0.717) is 29.7 Å². The first-order chi connectivity index (χ1) is 18.2. The number of benzene rings is 2. The van der Waals surface area contributed by atoms with Gasteiger partial charge in [0.25, 0.3) is 0 Å². The number of fused-ring (bicyclic) bond motifs is 2. The fraction of sp³-hybridized carbons (Fsp3) is 0.433. The fourth-order valence-electron chi connectivity index (χ4n) is 6.06. The van der Waals surface area contributed by atoms with Gasteiger partial charge < -0.3 is 20.1 Å². The van der Waals surface area contributed by atoms with E-state index < -0.39 is 48.4 Å². The molecule has 4 rings (SSSR count). The van der Waals surface area contributed by atoms with Crippen molar-refractivity contribution in [1.29, 1.82) is 0 Å². The predicted octanol–water partition coefficient (Wildman–Crippen LogP) is 4.57. The molecular weight excluding hydrogens is 486 g/mol. The van der Waals surface area contributed by atoms with Crippen LogP contribution in [0.15, 0.2) is 53.1 Å². The number of carbonyl (C=O) groups is 3. The highest BCUT2D eigenvalue weighted by atomic mass is 16.5. The van der Waals surface area contributed by atoms with E-state index in [-0.39, 0.29) is 12.2 Å². The number of rotatable bonds is 8. The molecule has 38 heavy (non-hydrogen) atoms. The van der Waals surface area contributed by atoms with E-state index in [1.165, 1.54) is 0 Å². The van der Waals surface area contributed by atoms with Crippen LogP contribution in [-0.4, -0.2) is 57.9 Å². The zero-order valence-electron chi connectivity index (χ0n) is 22.0. The minimum Gasteiger partial charge on any atom is -0.507 e. The lowest BCUT2D eigenvalue weighted by molar-refractivity contribution is -0.137. The number of amides is 3. The summed E-state index contributed by atoms with van der Waals surface area (Å²) >= 11 is 0. The summed E-state index contributed by atoms with van der Waals surface area (Å²) in [6, 6.07) is 11.1. The number of carbonyl (C=O) groups excluding carboxylic acids is 3. The van der Waals surface area contributed by atoms with Crippen LogP contribution in [0.4, 0.5) is 4.79 Å². The third kappa shape index (κ3) is 4.98. The molecule has 1 saturated heterocycles. The lowest BCUT2D eigenvalue weighted by Gasteiger charge is -2.36. The Kier molecular flexibility index (Phi) is 8.33. The lowest BCUT2D eigenvalue weighted by atomic mass is 9.67. The second kappa shape index (κ2) is 11.5. The molecule has 2 aromatic carbocycles. The molecule has 1 aliphatic carbocycles. The van der Waals surface area contributed by atoms with Crippen LogP contribution in [0.2, 0.25) is 0 Å². The van der Waals surface area contributed by atoms with Gasteiger partial charge in [0.05, 0.1) is 31.7 Å². The predicted molar refractivity (Wildman–Crippen MR) is 143 cm³/mol. The monoisotopic (exact) mass is 521 g/mol. The van der Waals surface area contributed by atoms with Gasteiger partial charge in [0.15, 0.2) is 0 Å². The topological polar surface area (TPSA) is 124 Å². The van der Waals surface area contributed by atoms with Crippen LogP contribution < -0.4 is 0 Å². The number of allylic oxidation sites excluding steroid dienone is 2. The molecule has 1 fully saturated rings. The van der Waals surface area contributed by atoms with Crippen molar-refractivity contribution in [3.05, 3.63) is 58.7 Å². The number of imide groups is 3. The molecule has 3 N–H and O–H groups in total. The van der Waals surface area contributed by atoms with E-state index in [0.717, 1.165) is 41.0 Å². The minimum atomic E-state index is -1.02. The van der Waals surface area contributed by atoms with Crippen molar-refractivity contribution in [1.82, 2.24) is 4.90 Å². The van der Waals surface area contributed by atoms with Crippen molar-refractivity contribution >= 4 is 34.8 Å². The maximum atomic E-state index is 13.1. The highest BCUT2D eigenvalue weighted by molar-refractivity contribution is 6.16. The molecule has 202 valence electrons. The van der Waals surface area contributed by atoms with Crippen molar-refractivity contribution in [2.24, 2.45) is 17.8 Å². The average Bonchev–Trinajstić information content (AvgIpc) is 3.17. The molecule has 1 heterocycles. The molecule has 3 amide bonds. The number of aliphatic hydroxyl groups excluding tert-OH is 2. The summed E-state index contributed by atoms with van der Waals surface area (Å²) in [6.07, 6.45) is 2.70. The molecule has 0 saturated carbocycles. The Hall–Kier alpha value is -3.49. The molecule has 0 unspecified atom stereocenters. The highest BCUT2D eigenvalue weighted by Crippen LogP contribution is 2.47. The Bertz CT molecular complexity index is 1310. The maximum absolute atomic E-state index is 13.1. The van der Waals surface area contributed by atoms with Crippen molar-refractivity contribution in [2.75, 3.05) is 13.7 Å². The van der Waals surface area contributed by atoms with Gasteiger partial charge in [-0.3, -0.25) is 9.59 Å². The number of phenols is 1. The number of likely N-dealkylation sites (tertiary alicyclic amines) is 1. The first-order valence-corrected chi connectivity index (χ1v) is 13.1. The Morgan fingerprint density at radius 1 is 1.16 bits per heavy atom. The first-order valence-electron chi connectivity index (χ1n) is 13.1. The van der Waals surface area contributed by atoms with Crippen LogP contribution in [0.3, 0.4) is 0 Å². The molecule has 4 atom stereocenters. The van der Waals surface area contributed by atoms with Gasteiger partial charge in [-0.05, 0) is 55.2 Å². The van der Waals surface area contributed by atoms with Crippen LogP contribution in [0.5, 0.6) is 5.75 Å². The number of ether oxygens (including phenoxy) is 1.